The second-order valence-electron chi connectivity index (χ2n) is 3.94. The van der Waals surface area contributed by atoms with Crippen molar-refractivity contribution in [1.29, 1.82) is 0 Å². The first-order chi connectivity index (χ1) is 7.08. The normalized spacial score (nSPS) is 23.7. The van der Waals surface area contributed by atoms with Gasteiger partial charge in [0.1, 0.15) is 5.82 Å². The summed E-state index contributed by atoms with van der Waals surface area (Å²) in [5.74, 6) is 0.316. The Labute approximate surface area is 96.0 Å². The number of amides is 1. The molecule has 4 heteroatoms. The van der Waals surface area contributed by atoms with Gasteiger partial charge >= 0.3 is 0 Å². The Morgan fingerprint density at radius 2 is 2.27 bits per heavy atom. The number of benzene rings is 1. The van der Waals surface area contributed by atoms with Gasteiger partial charge in [0.2, 0.25) is 5.91 Å². The van der Waals surface area contributed by atoms with E-state index in [-0.39, 0.29) is 17.6 Å². The van der Waals surface area contributed by atoms with E-state index in [0.717, 1.165) is 6.42 Å². The van der Waals surface area contributed by atoms with Crippen molar-refractivity contribution < 1.29 is 9.18 Å². The van der Waals surface area contributed by atoms with Crippen LogP contribution in [0.5, 0.6) is 0 Å². The molecule has 1 aromatic carbocycles. The molecule has 15 heavy (non-hydrogen) atoms. The molecule has 0 aromatic heterocycles. The predicted octanol–water partition coefficient (Wildman–Crippen LogP) is 3.18. The Bertz CT molecular complexity index is 408. The summed E-state index contributed by atoms with van der Waals surface area (Å²) in [6.07, 6.45) is 0.953. The van der Waals surface area contributed by atoms with E-state index in [1.54, 1.807) is 12.1 Å². The number of nitrogens with one attached hydrogen (secondary N) is 1. The third kappa shape index (κ3) is 2.37. The summed E-state index contributed by atoms with van der Waals surface area (Å²) < 4.78 is 13.3. The van der Waals surface area contributed by atoms with Gasteiger partial charge in [0.05, 0.1) is 4.47 Å². The van der Waals surface area contributed by atoms with E-state index in [2.05, 4.69) is 21.2 Å². The summed E-state index contributed by atoms with van der Waals surface area (Å²) in [5, 5.41) is 2.77. The molecule has 2 atom stereocenters. The van der Waals surface area contributed by atoms with Crippen molar-refractivity contribution in [3.05, 3.63) is 28.5 Å². The lowest BCUT2D eigenvalue weighted by atomic mass is 10.2. The fraction of sp³-hybridized carbons (Fsp3) is 0.364. The molecule has 1 aromatic rings. The summed E-state index contributed by atoms with van der Waals surface area (Å²) in [5.41, 5.74) is 0.632. The van der Waals surface area contributed by atoms with Gasteiger partial charge in [0.25, 0.3) is 0 Å². The molecule has 0 bridgehead atoms. The molecule has 1 saturated carbocycles. The molecule has 80 valence electrons. The SMILES string of the molecule is CC1CC1C(=O)Nc1ccc(F)c(Br)c1. The Hall–Kier alpha value is -0.900. The largest absolute Gasteiger partial charge is 0.326 e. The minimum absolute atomic E-state index is 0.0287. The molecule has 0 aliphatic heterocycles. The van der Waals surface area contributed by atoms with Gasteiger partial charge in [-0.2, -0.15) is 0 Å². The van der Waals surface area contributed by atoms with Gasteiger partial charge in [-0.25, -0.2) is 4.39 Å². The maximum atomic E-state index is 12.9. The van der Waals surface area contributed by atoms with Gasteiger partial charge in [0, 0.05) is 11.6 Å². The van der Waals surface area contributed by atoms with Crippen LogP contribution in [0.1, 0.15) is 13.3 Å². The van der Waals surface area contributed by atoms with E-state index in [1.165, 1.54) is 6.07 Å². The van der Waals surface area contributed by atoms with Crippen LogP contribution in [0.15, 0.2) is 22.7 Å². The standard InChI is InChI=1S/C11H11BrFNO/c1-6-4-8(6)11(15)14-7-2-3-10(13)9(12)5-7/h2-3,5-6,8H,4H2,1H3,(H,14,15). The first kappa shape index (κ1) is 10.6. The molecule has 1 aliphatic carbocycles. The first-order valence-corrected chi connectivity index (χ1v) is 5.63. The average Bonchev–Trinajstić information content (AvgIpc) is 2.89. The summed E-state index contributed by atoms with van der Waals surface area (Å²) in [6, 6.07) is 4.46. The maximum Gasteiger partial charge on any atom is 0.227 e. The van der Waals surface area contributed by atoms with Gasteiger partial charge in [-0.1, -0.05) is 6.92 Å². The van der Waals surface area contributed by atoms with Crippen LogP contribution in [0, 0.1) is 17.7 Å². The molecular formula is C11H11BrFNO. The number of hydrogen-bond acceptors (Lipinski definition) is 1. The van der Waals surface area contributed by atoms with Crippen molar-refractivity contribution in [2.45, 2.75) is 13.3 Å². The van der Waals surface area contributed by atoms with E-state index < -0.39 is 0 Å². The fourth-order valence-corrected chi connectivity index (χ4v) is 1.88. The van der Waals surface area contributed by atoms with Crippen molar-refractivity contribution >= 4 is 27.5 Å². The van der Waals surface area contributed by atoms with Crippen LogP contribution in [0.25, 0.3) is 0 Å². The zero-order chi connectivity index (χ0) is 11.0. The zero-order valence-corrected chi connectivity index (χ0v) is 9.84. The molecule has 1 aliphatic rings. The van der Waals surface area contributed by atoms with Gasteiger partial charge in [0.15, 0.2) is 0 Å². The smallest absolute Gasteiger partial charge is 0.227 e. The Balaban J connectivity index is 2.04. The lowest BCUT2D eigenvalue weighted by molar-refractivity contribution is -0.117. The van der Waals surface area contributed by atoms with E-state index in [0.29, 0.717) is 16.1 Å². The van der Waals surface area contributed by atoms with Crippen LogP contribution in [0.3, 0.4) is 0 Å². The van der Waals surface area contributed by atoms with Crippen molar-refractivity contribution in [1.82, 2.24) is 0 Å². The molecule has 0 heterocycles. The van der Waals surface area contributed by atoms with Crippen LogP contribution in [0.4, 0.5) is 10.1 Å². The van der Waals surface area contributed by atoms with Crippen molar-refractivity contribution in [2.24, 2.45) is 11.8 Å². The van der Waals surface area contributed by atoms with Gasteiger partial charge in [-0.3, -0.25) is 4.79 Å². The highest BCUT2D eigenvalue weighted by molar-refractivity contribution is 9.10. The highest BCUT2D eigenvalue weighted by Gasteiger charge is 2.39. The molecule has 1 fully saturated rings. The molecular weight excluding hydrogens is 261 g/mol. The van der Waals surface area contributed by atoms with Crippen LogP contribution in [-0.2, 0) is 4.79 Å². The minimum Gasteiger partial charge on any atom is -0.326 e. The predicted molar refractivity (Wildman–Crippen MR) is 60.0 cm³/mol. The summed E-state index contributed by atoms with van der Waals surface area (Å²) in [7, 11) is 0. The Morgan fingerprint density at radius 1 is 1.60 bits per heavy atom. The lowest BCUT2D eigenvalue weighted by Gasteiger charge is -2.05. The van der Waals surface area contributed by atoms with E-state index in [4.69, 9.17) is 0 Å². The summed E-state index contributed by atoms with van der Waals surface area (Å²) in [6.45, 7) is 2.05. The zero-order valence-electron chi connectivity index (χ0n) is 8.26. The fourth-order valence-electron chi connectivity index (χ4n) is 1.50. The summed E-state index contributed by atoms with van der Waals surface area (Å²) >= 11 is 3.07. The number of halogens is 2. The first-order valence-electron chi connectivity index (χ1n) is 4.84. The average molecular weight is 272 g/mol. The maximum absolute atomic E-state index is 12.9. The monoisotopic (exact) mass is 271 g/mol. The number of carbonyl (C=O) groups excluding carboxylic acids is 1. The van der Waals surface area contributed by atoms with E-state index in [9.17, 15) is 9.18 Å². The van der Waals surface area contributed by atoms with Crippen LogP contribution < -0.4 is 5.32 Å². The molecule has 0 spiro atoms. The van der Waals surface area contributed by atoms with Crippen molar-refractivity contribution in [3.8, 4) is 0 Å². The van der Waals surface area contributed by atoms with Crippen molar-refractivity contribution in [2.75, 3.05) is 5.32 Å². The minimum atomic E-state index is -0.326. The Kier molecular flexibility index (Phi) is 2.78. The molecule has 2 nitrogen and oxygen atoms in total. The second-order valence-corrected chi connectivity index (χ2v) is 4.79. The summed E-state index contributed by atoms with van der Waals surface area (Å²) in [4.78, 5) is 11.6. The van der Waals surface area contributed by atoms with Gasteiger partial charge < -0.3 is 5.32 Å². The van der Waals surface area contributed by atoms with Crippen molar-refractivity contribution in [3.63, 3.8) is 0 Å². The van der Waals surface area contributed by atoms with Crippen LogP contribution in [-0.4, -0.2) is 5.91 Å². The van der Waals surface area contributed by atoms with Crippen LogP contribution in [0.2, 0.25) is 0 Å². The molecule has 2 unspecified atom stereocenters. The Morgan fingerprint density at radius 3 is 2.80 bits per heavy atom. The second kappa shape index (κ2) is 3.93. The van der Waals surface area contributed by atoms with Crippen LogP contribution >= 0.6 is 15.9 Å². The number of hydrogen-bond donors (Lipinski definition) is 1. The van der Waals surface area contributed by atoms with Gasteiger partial charge in [-0.15, -0.1) is 0 Å². The molecule has 2 rings (SSSR count). The van der Waals surface area contributed by atoms with E-state index in [1.807, 2.05) is 6.92 Å². The highest BCUT2D eigenvalue weighted by Crippen LogP contribution is 2.38. The quantitative estimate of drug-likeness (QED) is 0.880. The third-order valence-electron chi connectivity index (χ3n) is 2.63. The van der Waals surface area contributed by atoms with Gasteiger partial charge in [-0.05, 0) is 46.5 Å². The highest BCUT2D eigenvalue weighted by atomic mass is 79.9. The molecule has 1 amide bonds. The number of carbonyl (C=O) groups is 1. The topological polar surface area (TPSA) is 29.1 Å². The molecule has 1 N–H and O–H groups in total. The number of anilines is 1. The number of rotatable bonds is 2. The lowest BCUT2D eigenvalue weighted by Crippen LogP contribution is -2.14. The third-order valence-corrected chi connectivity index (χ3v) is 3.24. The molecule has 0 radical (unpaired) electrons. The van der Waals surface area contributed by atoms with E-state index >= 15 is 0 Å². The molecule has 0 saturated heterocycles.